The number of nitrogens with zero attached hydrogens (tertiary/aromatic N) is 1. The van der Waals surface area contributed by atoms with E-state index in [1.165, 1.54) is 4.90 Å². The summed E-state index contributed by atoms with van der Waals surface area (Å²) in [5.41, 5.74) is 2.17. The number of amides is 2. The number of allylic oxidation sites excluding steroid dienone is 2. The Morgan fingerprint density at radius 3 is 2.17 bits per heavy atom. The Morgan fingerprint density at radius 1 is 1.08 bits per heavy atom. The third-order valence-electron chi connectivity index (χ3n) is 4.63. The number of benzene rings is 1. The minimum Gasteiger partial charge on any atom is -0.491 e. The molecule has 1 heterocycles. The van der Waals surface area contributed by atoms with Crippen LogP contribution < -0.4 is 4.74 Å². The molecule has 1 fully saturated rings. The van der Waals surface area contributed by atoms with Crippen LogP contribution in [0.25, 0.3) is 0 Å². The smallest absolute Gasteiger partial charge is 0.233 e. The monoisotopic (exact) mass is 329 g/mol. The molecule has 0 saturated carbocycles. The maximum Gasteiger partial charge on any atom is 0.233 e. The molecule has 5 nitrogen and oxygen atoms in total. The molecule has 0 aromatic heterocycles. The number of aliphatic hydroxyl groups excluding tert-OH is 1. The number of imide groups is 1. The van der Waals surface area contributed by atoms with Gasteiger partial charge in [0.1, 0.15) is 18.5 Å². The van der Waals surface area contributed by atoms with E-state index < -0.39 is 6.10 Å². The van der Waals surface area contributed by atoms with Crippen molar-refractivity contribution in [1.82, 2.24) is 4.90 Å². The molecule has 3 rings (SSSR count). The summed E-state index contributed by atoms with van der Waals surface area (Å²) >= 11 is 0. The maximum absolute atomic E-state index is 12.4. The van der Waals surface area contributed by atoms with Crippen molar-refractivity contribution >= 4 is 11.8 Å². The second-order valence-corrected chi connectivity index (χ2v) is 6.73. The van der Waals surface area contributed by atoms with Gasteiger partial charge in [0.15, 0.2) is 0 Å². The zero-order chi connectivity index (χ0) is 17.3. The quantitative estimate of drug-likeness (QED) is 0.663. The summed E-state index contributed by atoms with van der Waals surface area (Å²) in [6, 6.07) is 5.83. The van der Waals surface area contributed by atoms with Crippen LogP contribution in [0.2, 0.25) is 0 Å². The number of carbonyl (C=O) groups is 2. The first kappa shape index (κ1) is 16.7. The number of β-amino-alcohol motifs (C(OH)–C–C–N with tert-alkyl or cyclic N) is 1. The molecule has 1 aliphatic carbocycles. The van der Waals surface area contributed by atoms with E-state index in [2.05, 4.69) is 0 Å². The summed E-state index contributed by atoms with van der Waals surface area (Å²) in [5, 5.41) is 10.2. The van der Waals surface area contributed by atoms with Crippen molar-refractivity contribution in [2.24, 2.45) is 11.8 Å². The van der Waals surface area contributed by atoms with Gasteiger partial charge in [0.2, 0.25) is 11.8 Å². The van der Waals surface area contributed by atoms with Gasteiger partial charge in [-0.05, 0) is 49.9 Å². The Hall–Kier alpha value is -2.14. The van der Waals surface area contributed by atoms with Gasteiger partial charge >= 0.3 is 0 Å². The van der Waals surface area contributed by atoms with Crippen LogP contribution in [-0.2, 0) is 9.59 Å². The third kappa shape index (κ3) is 3.36. The predicted octanol–water partition coefficient (Wildman–Crippen LogP) is 1.99. The minimum absolute atomic E-state index is 0.00450. The molecule has 0 spiro atoms. The van der Waals surface area contributed by atoms with E-state index in [0.29, 0.717) is 18.6 Å². The second kappa shape index (κ2) is 6.77. The van der Waals surface area contributed by atoms with Gasteiger partial charge in [-0.1, -0.05) is 18.2 Å². The van der Waals surface area contributed by atoms with Gasteiger partial charge in [-0.2, -0.15) is 0 Å². The highest BCUT2D eigenvalue weighted by Gasteiger charge is 2.47. The number of hydrogen-bond donors (Lipinski definition) is 1. The number of aryl methyl sites for hydroxylation is 2. The van der Waals surface area contributed by atoms with E-state index in [9.17, 15) is 14.7 Å². The van der Waals surface area contributed by atoms with Gasteiger partial charge in [0, 0.05) is 0 Å². The van der Waals surface area contributed by atoms with E-state index >= 15 is 0 Å². The Labute approximate surface area is 141 Å². The molecular weight excluding hydrogens is 306 g/mol. The predicted molar refractivity (Wildman–Crippen MR) is 89.5 cm³/mol. The molecule has 2 amide bonds. The van der Waals surface area contributed by atoms with Crippen LogP contribution in [0, 0.1) is 25.7 Å². The van der Waals surface area contributed by atoms with Crippen LogP contribution in [-0.4, -0.2) is 41.1 Å². The summed E-state index contributed by atoms with van der Waals surface area (Å²) in [6.07, 6.45) is 4.24. The van der Waals surface area contributed by atoms with Crippen LogP contribution in [0.1, 0.15) is 24.0 Å². The van der Waals surface area contributed by atoms with E-state index in [1.807, 2.05) is 44.2 Å². The standard InChI is InChI=1S/C19H23NO4/c1-12-7-13(2)9-15(8-12)24-11-14(21)10-20-18(22)16-5-3-4-6-17(16)19(20)23/h3-4,7-9,14,16-17,21H,5-6,10-11H2,1-2H3/t14-,16-,17+/m0/s1. The Kier molecular flexibility index (Phi) is 4.71. The molecule has 0 unspecified atom stereocenters. The van der Waals surface area contributed by atoms with Crippen molar-refractivity contribution in [3.8, 4) is 5.75 Å². The van der Waals surface area contributed by atoms with Crippen molar-refractivity contribution in [2.75, 3.05) is 13.2 Å². The fourth-order valence-electron chi connectivity index (χ4n) is 3.52. The first-order chi connectivity index (χ1) is 11.5. The van der Waals surface area contributed by atoms with Gasteiger partial charge < -0.3 is 9.84 Å². The molecule has 24 heavy (non-hydrogen) atoms. The van der Waals surface area contributed by atoms with E-state index in [-0.39, 0.29) is 36.8 Å². The summed E-state index contributed by atoms with van der Waals surface area (Å²) in [7, 11) is 0. The molecule has 2 aliphatic rings. The molecule has 128 valence electrons. The summed E-state index contributed by atoms with van der Waals surface area (Å²) in [5.74, 6) is -0.159. The lowest BCUT2D eigenvalue weighted by atomic mass is 9.85. The van der Waals surface area contributed by atoms with Crippen molar-refractivity contribution in [3.63, 3.8) is 0 Å². The number of carbonyl (C=O) groups excluding carboxylic acids is 2. The minimum atomic E-state index is -0.896. The summed E-state index contributed by atoms with van der Waals surface area (Å²) in [6.45, 7) is 4.00. The van der Waals surface area contributed by atoms with Gasteiger partial charge in [0.05, 0.1) is 18.4 Å². The van der Waals surface area contributed by atoms with Gasteiger partial charge in [-0.15, -0.1) is 0 Å². The first-order valence-corrected chi connectivity index (χ1v) is 8.35. The molecule has 3 atom stereocenters. The molecule has 1 aromatic carbocycles. The number of ether oxygens (including phenoxy) is 1. The lowest BCUT2D eigenvalue weighted by Gasteiger charge is -2.19. The highest BCUT2D eigenvalue weighted by Crippen LogP contribution is 2.35. The normalized spacial score (nSPS) is 24.2. The highest BCUT2D eigenvalue weighted by molar-refractivity contribution is 6.05. The molecule has 0 radical (unpaired) electrons. The topological polar surface area (TPSA) is 66.8 Å². The Bertz CT molecular complexity index is 636. The Morgan fingerprint density at radius 2 is 1.62 bits per heavy atom. The zero-order valence-corrected chi connectivity index (χ0v) is 14.1. The molecule has 0 bridgehead atoms. The summed E-state index contributed by atoms with van der Waals surface area (Å²) < 4.78 is 5.62. The van der Waals surface area contributed by atoms with Crippen LogP contribution in [0.5, 0.6) is 5.75 Å². The van der Waals surface area contributed by atoms with Gasteiger partial charge in [0.25, 0.3) is 0 Å². The van der Waals surface area contributed by atoms with E-state index in [1.54, 1.807) is 0 Å². The Balaban J connectivity index is 1.58. The lowest BCUT2D eigenvalue weighted by Crippen LogP contribution is -2.40. The fraction of sp³-hybridized carbons (Fsp3) is 0.474. The van der Waals surface area contributed by atoms with Crippen molar-refractivity contribution < 1.29 is 19.4 Å². The molecular formula is C19H23NO4. The molecule has 1 saturated heterocycles. The SMILES string of the molecule is Cc1cc(C)cc(OC[C@@H](O)CN2C(=O)[C@H]3CC=CC[C@H]3C2=O)c1. The number of aliphatic hydroxyl groups is 1. The second-order valence-electron chi connectivity index (χ2n) is 6.73. The number of fused-ring (bicyclic) bond motifs is 1. The van der Waals surface area contributed by atoms with E-state index in [4.69, 9.17) is 4.74 Å². The average Bonchev–Trinajstić information content (AvgIpc) is 2.78. The molecule has 5 heteroatoms. The highest BCUT2D eigenvalue weighted by atomic mass is 16.5. The van der Waals surface area contributed by atoms with Crippen molar-refractivity contribution in [1.29, 1.82) is 0 Å². The van der Waals surface area contributed by atoms with Gasteiger partial charge in [-0.25, -0.2) is 0 Å². The molecule has 1 N–H and O–H groups in total. The average molecular weight is 329 g/mol. The van der Waals surface area contributed by atoms with Crippen LogP contribution in [0.15, 0.2) is 30.4 Å². The summed E-state index contributed by atoms with van der Waals surface area (Å²) in [4.78, 5) is 25.9. The third-order valence-corrected chi connectivity index (χ3v) is 4.63. The maximum atomic E-state index is 12.4. The molecule has 1 aromatic rings. The van der Waals surface area contributed by atoms with Crippen molar-refractivity contribution in [3.05, 3.63) is 41.5 Å². The number of rotatable bonds is 5. The van der Waals surface area contributed by atoms with Crippen LogP contribution >= 0.6 is 0 Å². The van der Waals surface area contributed by atoms with E-state index in [0.717, 1.165) is 11.1 Å². The van der Waals surface area contributed by atoms with Gasteiger partial charge in [-0.3, -0.25) is 14.5 Å². The number of likely N-dealkylation sites (tertiary alicyclic amines) is 1. The fourth-order valence-corrected chi connectivity index (χ4v) is 3.52. The lowest BCUT2D eigenvalue weighted by molar-refractivity contribution is -0.141. The van der Waals surface area contributed by atoms with Crippen LogP contribution in [0.3, 0.4) is 0 Å². The number of hydrogen-bond acceptors (Lipinski definition) is 4. The van der Waals surface area contributed by atoms with Crippen molar-refractivity contribution in [2.45, 2.75) is 32.8 Å². The zero-order valence-electron chi connectivity index (χ0n) is 14.1. The largest absolute Gasteiger partial charge is 0.491 e. The van der Waals surface area contributed by atoms with Crippen LogP contribution in [0.4, 0.5) is 0 Å². The molecule has 1 aliphatic heterocycles. The first-order valence-electron chi connectivity index (χ1n) is 8.35.